The quantitative estimate of drug-likeness (QED) is 0.479. The second-order valence-electron chi connectivity index (χ2n) is 9.77. The Kier molecular flexibility index (Phi) is 5.79. The Bertz CT molecular complexity index is 1380. The van der Waals surface area contributed by atoms with E-state index in [4.69, 9.17) is 14.2 Å². The van der Waals surface area contributed by atoms with Gasteiger partial charge in [-0.15, -0.1) is 0 Å². The second-order valence-corrected chi connectivity index (χ2v) is 9.77. The Balaban J connectivity index is 1.64. The maximum Gasteiger partial charge on any atom is 0.414 e. The van der Waals surface area contributed by atoms with Gasteiger partial charge in [-0.25, -0.2) is 4.79 Å². The molecular weight excluding hydrogens is 454 g/mol. The van der Waals surface area contributed by atoms with Crippen molar-refractivity contribution in [3.63, 3.8) is 0 Å². The van der Waals surface area contributed by atoms with Gasteiger partial charge >= 0.3 is 6.09 Å². The summed E-state index contributed by atoms with van der Waals surface area (Å²) in [6, 6.07) is 17.9. The van der Waals surface area contributed by atoms with Gasteiger partial charge < -0.3 is 29.3 Å². The van der Waals surface area contributed by atoms with E-state index in [9.17, 15) is 4.79 Å². The second kappa shape index (κ2) is 8.82. The van der Waals surface area contributed by atoms with Crippen molar-refractivity contribution in [2.24, 2.45) is 0 Å². The van der Waals surface area contributed by atoms with E-state index in [1.165, 1.54) is 16.0 Å². The van der Waals surface area contributed by atoms with Crippen LogP contribution in [0, 0.1) is 0 Å². The summed E-state index contributed by atoms with van der Waals surface area (Å²) >= 11 is 0. The number of carbonyl (C=O) groups excluding carboxylic acids is 1. The predicted octanol–water partition coefficient (Wildman–Crippen LogP) is 6.00. The van der Waals surface area contributed by atoms with E-state index in [0.717, 1.165) is 33.9 Å². The van der Waals surface area contributed by atoms with Gasteiger partial charge in [0.25, 0.3) is 0 Å². The van der Waals surface area contributed by atoms with Crippen molar-refractivity contribution in [2.75, 3.05) is 38.5 Å². The number of anilines is 2. The summed E-state index contributed by atoms with van der Waals surface area (Å²) in [6.07, 6.45) is 1.84. The maximum atomic E-state index is 12.0. The van der Waals surface area contributed by atoms with Crippen LogP contribution in [0.25, 0.3) is 16.8 Å². The number of nitrogens with one attached hydrogen (secondary N) is 1. The summed E-state index contributed by atoms with van der Waals surface area (Å²) < 4.78 is 16.9. The summed E-state index contributed by atoms with van der Waals surface area (Å²) in [6.45, 7) is 5.03. The summed E-state index contributed by atoms with van der Waals surface area (Å²) in [4.78, 5) is 15.7. The van der Waals surface area contributed by atoms with E-state index in [1.54, 1.807) is 40.4 Å². The third-order valence-electron chi connectivity index (χ3n) is 6.54. The minimum Gasteiger partial charge on any atom is -0.496 e. The average molecular weight is 486 g/mol. The maximum absolute atomic E-state index is 12.0. The van der Waals surface area contributed by atoms with Crippen molar-refractivity contribution in [3.05, 3.63) is 71.8 Å². The molecule has 0 aliphatic carbocycles. The number of para-hydroxylation sites is 2. The Labute approximate surface area is 211 Å². The summed E-state index contributed by atoms with van der Waals surface area (Å²) in [5.41, 5.74) is 7.46. The van der Waals surface area contributed by atoms with Gasteiger partial charge in [-0.3, -0.25) is 0 Å². The number of ether oxygens (including phenoxy) is 3. The number of hydrogen-bond donors (Lipinski definition) is 1. The molecule has 2 aliphatic rings. The smallest absolute Gasteiger partial charge is 0.414 e. The zero-order valence-electron chi connectivity index (χ0n) is 21.5. The van der Waals surface area contributed by atoms with Gasteiger partial charge in [0.1, 0.15) is 17.2 Å². The van der Waals surface area contributed by atoms with E-state index < -0.39 is 6.09 Å². The summed E-state index contributed by atoms with van der Waals surface area (Å²) in [7, 11) is 6.63. The molecule has 3 aromatic rings. The number of benzene rings is 3. The zero-order chi connectivity index (χ0) is 25.6. The molecule has 186 valence electrons. The molecule has 0 saturated heterocycles. The molecule has 1 amide bonds. The molecule has 7 nitrogen and oxygen atoms in total. The van der Waals surface area contributed by atoms with Gasteiger partial charge in [-0.05, 0) is 61.4 Å². The molecule has 2 aliphatic heterocycles. The van der Waals surface area contributed by atoms with Gasteiger partial charge in [0.05, 0.1) is 25.4 Å². The molecule has 36 heavy (non-hydrogen) atoms. The lowest BCUT2D eigenvalue weighted by Crippen LogP contribution is -2.33. The van der Waals surface area contributed by atoms with E-state index in [2.05, 4.69) is 48.3 Å². The van der Waals surface area contributed by atoms with Crippen molar-refractivity contribution < 1.29 is 19.0 Å². The Morgan fingerprint density at radius 1 is 0.972 bits per heavy atom. The van der Waals surface area contributed by atoms with E-state index in [1.807, 2.05) is 24.3 Å². The molecule has 0 unspecified atom stereocenters. The minimum absolute atomic E-state index is 0.207. The molecule has 0 bridgehead atoms. The third kappa shape index (κ3) is 4.00. The third-order valence-corrected chi connectivity index (χ3v) is 6.54. The molecule has 3 aromatic carbocycles. The van der Waals surface area contributed by atoms with Crippen molar-refractivity contribution in [1.82, 2.24) is 4.90 Å². The highest BCUT2D eigenvalue weighted by molar-refractivity contribution is 5.98. The van der Waals surface area contributed by atoms with Crippen molar-refractivity contribution in [1.29, 1.82) is 0 Å². The van der Waals surface area contributed by atoms with Crippen LogP contribution in [0.4, 0.5) is 16.2 Å². The zero-order valence-corrected chi connectivity index (χ0v) is 21.5. The lowest BCUT2D eigenvalue weighted by Gasteiger charge is -2.33. The fourth-order valence-corrected chi connectivity index (χ4v) is 4.93. The number of methoxy groups -OCH3 is 2. The van der Waals surface area contributed by atoms with E-state index >= 15 is 0 Å². The Hall–Kier alpha value is -4.13. The number of rotatable bonds is 5. The fraction of sp³-hybridized carbons (Fsp3) is 0.276. The van der Waals surface area contributed by atoms with Gasteiger partial charge in [0.15, 0.2) is 0 Å². The number of nitrogens with zero attached hydrogens (tertiary/aromatic N) is 2. The topological polar surface area (TPSA) is 63.3 Å². The molecule has 0 spiro atoms. The van der Waals surface area contributed by atoms with Gasteiger partial charge in [-0.1, -0.05) is 18.2 Å². The highest BCUT2D eigenvalue weighted by Gasteiger charge is 2.37. The van der Waals surface area contributed by atoms with Gasteiger partial charge in [0, 0.05) is 49.2 Å². The average Bonchev–Trinajstić information content (AvgIpc) is 3.23. The van der Waals surface area contributed by atoms with Gasteiger partial charge in [-0.2, -0.15) is 0 Å². The molecular formula is C29H31N3O4. The molecule has 0 aromatic heterocycles. The van der Waals surface area contributed by atoms with Crippen LogP contribution in [-0.2, 0) is 6.54 Å². The van der Waals surface area contributed by atoms with Crippen LogP contribution < -0.4 is 24.4 Å². The van der Waals surface area contributed by atoms with E-state index in [0.29, 0.717) is 18.0 Å². The molecule has 0 atom stereocenters. The molecule has 5 rings (SSSR count). The van der Waals surface area contributed by atoms with Crippen LogP contribution in [0.2, 0.25) is 0 Å². The first-order valence-corrected chi connectivity index (χ1v) is 11.9. The molecule has 1 N–H and O–H groups in total. The van der Waals surface area contributed by atoms with Crippen LogP contribution in [-0.4, -0.2) is 44.8 Å². The molecule has 2 heterocycles. The van der Waals surface area contributed by atoms with Crippen LogP contribution in [0.1, 0.15) is 25.0 Å². The molecule has 0 fully saturated rings. The lowest BCUT2D eigenvalue weighted by atomic mass is 9.89. The van der Waals surface area contributed by atoms with Crippen molar-refractivity contribution in [2.45, 2.75) is 25.9 Å². The lowest BCUT2D eigenvalue weighted by molar-refractivity contribution is 0.172. The predicted molar refractivity (Wildman–Crippen MR) is 143 cm³/mol. The first-order chi connectivity index (χ1) is 17.2. The Morgan fingerprint density at radius 3 is 2.42 bits per heavy atom. The number of hydrogen-bond acceptors (Lipinski definition) is 6. The number of carbonyl (C=O) groups is 1. The monoisotopic (exact) mass is 485 g/mol. The SMILES string of the molecule is COc1cc(OC(=O)N(C)C)ccc1-c1ccc2c3c1CN(c1ccccc1OC)C3=CC(C)(C)N2. The minimum atomic E-state index is -0.437. The van der Waals surface area contributed by atoms with Crippen LogP contribution in [0.3, 0.4) is 0 Å². The fourth-order valence-electron chi connectivity index (χ4n) is 4.93. The summed E-state index contributed by atoms with van der Waals surface area (Å²) in [5, 5.41) is 3.67. The van der Waals surface area contributed by atoms with Crippen molar-refractivity contribution in [3.8, 4) is 28.4 Å². The number of amides is 1. The highest BCUT2D eigenvalue weighted by atomic mass is 16.6. The molecule has 7 heteroatoms. The van der Waals surface area contributed by atoms with E-state index in [-0.39, 0.29) is 5.54 Å². The van der Waals surface area contributed by atoms with Gasteiger partial charge in [0.2, 0.25) is 0 Å². The van der Waals surface area contributed by atoms with Crippen LogP contribution in [0.15, 0.2) is 60.7 Å². The highest BCUT2D eigenvalue weighted by Crippen LogP contribution is 2.51. The molecule has 0 saturated carbocycles. The first kappa shape index (κ1) is 23.6. The summed E-state index contributed by atoms with van der Waals surface area (Å²) in [5.74, 6) is 1.90. The molecule has 0 radical (unpaired) electrons. The standard InChI is InChI=1S/C29H31N3O4/c1-29(2)16-24-27-21(17-32(24)23-9-7-8-10-25(23)34-5)19(13-14-22(27)30-29)20-12-11-18(15-26(20)35-6)36-28(33)31(3)4/h7-16,30H,17H2,1-6H3. The van der Waals surface area contributed by atoms with Crippen molar-refractivity contribution >= 4 is 23.2 Å². The first-order valence-electron chi connectivity index (χ1n) is 11.9. The van der Waals surface area contributed by atoms with Crippen LogP contribution >= 0.6 is 0 Å². The largest absolute Gasteiger partial charge is 0.496 e. The normalized spacial score (nSPS) is 14.9. The Morgan fingerprint density at radius 2 is 1.69 bits per heavy atom. The van der Waals surface area contributed by atoms with Crippen LogP contribution in [0.5, 0.6) is 17.2 Å².